The van der Waals surface area contributed by atoms with Crippen LogP contribution in [0.4, 0.5) is 10.1 Å². The summed E-state index contributed by atoms with van der Waals surface area (Å²) in [6.45, 7) is 0. The van der Waals surface area contributed by atoms with Crippen molar-refractivity contribution in [2.75, 3.05) is 5.32 Å². The Balaban J connectivity index is 1.69. The van der Waals surface area contributed by atoms with Crippen LogP contribution in [0.3, 0.4) is 0 Å². The first-order chi connectivity index (χ1) is 13.6. The number of fused-ring (bicyclic) bond motifs is 3. The molecule has 1 aliphatic heterocycles. The first-order valence-electron chi connectivity index (χ1n) is 8.83. The molecule has 3 aromatic carbocycles. The van der Waals surface area contributed by atoms with Crippen molar-refractivity contribution in [1.29, 1.82) is 0 Å². The summed E-state index contributed by atoms with van der Waals surface area (Å²) in [4.78, 5) is 13.7. The molecule has 0 radical (unpaired) electrons. The Labute approximate surface area is 159 Å². The van der Waals surface area contributed by atoms with Gasteiger partial charge in [0.15, 0.2) is 0 Å². The van der Waals surface area contributed by atoms with Gasteiger partial charge in [0.2, 0.25) is 5.91 Å². The van der Waals surface area contributed by atoms with E-state index in [4.69, 9.17) is 0 Å². The van der Waals surface area contributed by atoms with Gasteiger partial charge in [-0.25, -0.2) is 4.39 Å². The minimum atomic E-state index is -0.326. The Morgan fingerprint density at radius 1 is 1.00 bits per heavy atom. The SMILES string of the molecule is O=C1C[C@H](c2ccc(O)cc2)c2c(ccc3nn(-c4ccc(F)cc4)nc23)N1. The summed E-state index contributed by atoms with van der Waals surface area (Å²) in [7, 11) is 0. The van der Waals surface area contributed by atoms with Crippen LogP contribution in [-0.4, -0.2) is 26.0 Å². The van der Waals surface area contributed by atoms with Gasteiger partial charge in [-0.1, -0.05) is 12.1 Å². The Morgan fingerprint density at radius 2 is 1.75 bits per heavy atom. The average Bonchev–Trinajstić information content (AvgIpc) is 3.12. The van der Waals surface area contributed by atoms with Crippen molar-refractivity contribution < 1.29 is 14.3 Å². The molecular formula is C21H15FN4O2. The summed E-state index contributed by atoms with van der Waals surface area (Å²) < 4.78 is 13.2. The van der Waals surface area contributed by atoms with Crippen LogP contribution in [0.15, 0.2) is 60.7 Å². The highest BCUT2D eigenvalue weighted by Crippen LogP contribution is 2.41. The smallest absolute Gasteiger partial charge is 0.225 e. The monoisotopic (exact) mass is 374 g/mol. The molecule has 0 saturated heterocycles. The number of hydrogen-bond donors (Lipinski definition) is 2. The van der Waals surface area contributed by atoms with Gasteiger partial charge in [0.1, 0.15) is 22.6 Å². The fourth-order valence-electron chi connectivity index (χ4n) is 3.63. The van der Waals surface area contributed by atoms with Crippen LogP contribution in [-0.2, 0) is 4.79 Å². The third kappa shape index (κ3) is 2.68. The molecule has 1 aromatic heterocycles. The van der Waals surface area contributed by atoms with Crippen molar-refractivity contribution in [3.8, 4) is 11.4 Å². The van der Waals surface area contributed by atoms with Crippen molar-refractivity contribution in [1.82, 2.24) is 15.0 Å². The van der Waals surface area contributed by atoms with Gasteiger partial charge in [-0.2, -0.15) is 4.80 Å². The standard InChI is InChI=1S/C21H15FN4O2/c22-13-3-5-14(6-4-13)26-24-18-10-9-17-20(21(18)25-26)16(11-19(28)23-17)12-1-7-15(27)8-2-12/h1-10,16,27H,11H2,(H,23,28)/t16-/m1/s1. The second kappa shape index (κ2) is 6.16. The molecule has 138 valence electrons. The highest BCUT2D eigenvalue weighted by atomic mass is 19.1. The summed E-state index contributed by atoms with van der Waals surface area (Å²) in [6, 6.07) is 16.4. The maximum Gasteiger partial charge on any atom is 0.225 e. The van der Waals surface area contributed by atoms with E-state index < -0.39 is 0 Å². The van der Waals surface area contributed by atoms with E-state index in [0.717, 1.165) is 11.1 Å². The number of aromatic nitrogens is 3. The molecule has 0 unspecified atom stereocenters. The third-order valence-electron chi connectivity index (χ3n) is 4.96. The topological polar surface area (TPSA) is 80.0 Å². The lowest BCUT2D eigenvalue weighted by atomic mass is 9.84. The van der Waals surface area contributed by atoms with Crippen molar-refractivity contribution >= 4 is 22.6 Å². The van der Waals surface area contributed by atoms with Crippen molar-refractivity contribution in [3.05, 3.63) is 77.6 Å². The summed E-state index contributed by atoms with van der Waals surface area (Å²) >= 11 is 0. The fourth-order valence-corrected chi connectivity index (χ4v) is 3.63. The average molecular weight is 374 g/mol. The number of anilines is 1. The summed E-state index contributed by atoms with van der Waals surface area (Å²) in [5, 5.41) is 21.6. The van der Waals surface area contributed by atoms with Crippen LogP contribution < -0.4 is 5.32 Å². The molecule has 0 bridgehead atoms. The molecule has 6 nitrogen and oxygen atoms in total. The van der Waals surface area contributed by atoms with E-state index in [2.05, 4.69) is 15.5 Å². The minimum absolute atomic E-state index is 0.0733. The van der Waals surface area contributed by atoms with E-state index in [1.165, 1.54) is 16.9 Å². The number of nitrogens with zero attached hydrogens (tertiary/aromatic N) is 3. The number of hydrogen-bond acceptors (Lipinski definition) is 4. The molecule has 1 atom stereocenters. The van der Waals surface area contributed by atoms with Crippen LogP contribution in [0.1, 0.15) is 23.5 Å². The lowest BCUT2D eigenvalue weighted by molar-refractivity contribution is -0.116. The Bertz CT molecular complexity index is 1200. The predicted molar refractivity (Wildman–Crippen MR) is 102 cm³/mol. The van der Waals surface area contributed by atoms with Gasteiger partial charge in [0.25, 0.3) is 0 Å². The Morgan fingerprint density at radius 3 is 2.50 bits per heavy atom. The van der Waals surface area contributed by atoms with Gasteiger partial charge in [-0.15, -0.1) is 10.2 Å². The Hall–Kier alpha value is -3.74. The van der Waals surface area contributed by atoms with Crippen LogP contribution in [0.25, 0.3) is 16.7 Å². The lowest BCUT2D eigenvalue weighted by Gasteiger charge is -2.26. The van der Waals surface area contributed by atoms with Gasteiger partial charge in [0, 0.05) is 23.6 Å². The molecule has 28 heavy (non-hydrogen) atoms. The molecule has 1 amide bonds. The first-order valence-corrected chi connectivity index (χ1v) is 8.83. The molecule has 7 heteroatoms. The Kier molecular flexibility index (Phi) is 3.61. The zero-order chi connectivity index (χ0) is 19.3. The minimum Gasteiger partial charge on any atom is -0.508 e. The van der Waals surface area contributed by atoms with E-state index in [0.29, 0.717) is 22.4 Å². The first kappa shape index (κ1) is 16.4. The van der Waals surface area contributed by atoms with Crippen LogP contribution >= 0.6 is 0 Å². The highest BCUT2D eigenvalue weighted by Gasteiger charge is 2.30. The fraction of sp³-hybridized carbons (Fsp3) is 0.0952. The highest BCUT2D eigenvalue weighted by molar-refractivity contribution is 5.99. The molecule has 0 spiro atoms. The summed E-state index contributed by atoms with van der Waals surface area (Å²) in [5.41, 5.74) is 4.51. The molecule has 0 saturated carbocycles. The van der Waals surface area contributed by atoms with E-state index in [-0.39, 0.29) is 29.8 Å². The van der Waals surface area contributed by atoms with Gasteiger partial charge in [-0.05, 0) is 54.1 Å². The van der Waals surface area contributed by atoms with Crippen LogP contribution in [0.2, 0.25) is 0 Å². The van der Waals surface area contributed by atoms with E-state index >= 15 is 0 Å². The molecule has 2 heterocycles. The molecule has 2 N–H and O–H groups in total. The van der Waals surface area contributed by atoms with Gasteiger partial charge >= 0.3 is 0 Å². The second-order valence-corrected chi connectivity index (χ2v) is 6.76. The molecular weight excluding hydrogens is 359 g/mol. The van der Waals surface area contributed by atoms with Crippen molar-refractivity contribution in [2.45, 2.75) is 12.3 Å². The van der Waals surface area contributed by atoms with E-state index in [1.54, 1.807) is 30.3 Å². The largest absolute Gasteiger partial charge is 0.508 e. The number of halogens is 1. The molecule has 0 fully saturated rings. The number of aromatic hydroxyl groups is 1. The number of rotatable bonds is 2. The number of carbonyl (C=O) groups excluding carboxylic acids is 1. The number of nitrogens with one attached hydrogen (secondary N) is 1. The van der Waals surface area contributed by atoms with Crippen molar-refractivity contribution in [3.63, 3.8) is 0 Å². The van der Waals surface area contributed by atoms with Gasteiger partial charge < -0.3 is 10.4 Å². The summed E-state index contributed by atoms with van der Waals surface area (Å²) in [6.07, 6.45) is 0.278. The van der Waals surface area contributed by atoms with E-state index in [1.807, 2.05) is 18.2 Å². The van der Waals surface area contributed by atoms with Crippen molar-refractivity contribution in [2.24, 2.45) is 0 Å². The van der Waals surface area contributed by atoms with Gasteiger partial charge in [0.05, 0.1) is 5.69 Å². The second-order valence-electron chi connectivity index (χ2n) is 6.76. The quantitative estimate of drug-likeness (QED) is 0.560. The van der Waals surface area contributed by atoms with Crippen LogP contribution in [0, 0.1) is 5.82 Å². The number of phenols is 1. The molecule has 0 aliphatic carbocycles. The molecule has 4 aromatic rings. The van der Waals surface area contributed by atoms with Gasteiger partial charge in [-0.3, -0.25) is 4.79 Å². The lowest BCUT2D eigenvalue weighted by Crippen LogP contribution is -2.23. The maximum atomic E-state index is 13.2. The zero-order valence-corrected chi connectivity index (χ0v) is 14.6. The zero-order valence-electron chi connectivity index (χ0n) is 14.6. The normalized spacial score (nSPS) is 16.0. The number of benzene rings is 3. The number of phenolic OH excluding ortho intramolecular Hbond substituents is 1. The predicted octanol–water partition coefficient (Wildman–Crippen LogP) is 3.74. The van der Waals surface area contributed by atoms with E-state index in [9.17, 15) is 14.3 Å². The maximum absolute atomic E-state index is 13.2. The number of carbonyl (C=O) groups is 1. The van der Waals surface area contributed by atoms with Crippen LogP contribution in [0.5, 0.6) is 5.75 Å². The molecule has 5 rings (SSSR count). The number of amides is 1. The molecule has 1 aliphatic rings. The third-order valence-corrected chi connectivity index (χ3v) is 4.96. The summed E-state index contributed by atoms with van der Waals surface area (Å²) in [5.74, 6) is -0.431.